The molecule has 2 aromatic carbocycles. The molecule has 0 bridgehead atoms. The summed E-state index contributed by atoms with van der Waals surface area (Å²) in [6.07, 6.45) is 2.90. The first-order chi connectivity index (χ1) is 17.7. The first kappa shape index (κ1) is 25.3. The smallest absolute Gasteiger partial charge is 0.229 e. The number of furan rings is 1. The number of nitrogens with one attached hydrogen (secondary N) is 2. The number of pyridine rings is 1. The average Bonchev–Trinajstić information content (AvgIpc) is 3.45. The van der Waals surface area contributed by atoms with E-state index in [9.17, 15) is 8.42 Å². The number of hydrogen-bond acceptors (Lipinski definition) is 6. The summed E-state index contributed by atoms with van der Waals surface area (Å²) in [5.74, 6) is 0.744. The molecular formula is C27H26N4O3S3. The minimum Gasteiger partial charge on any atom is -0.452 e. The van der Waals surface area contributed by atoms with Crippen molar-refractivity contribution in [1.29, 1.82) is 0 Å². The minimum absolute atomic E-state index is 0.244. The lowest BCUT2D eigenvalue weighted by Gasteiger charge is -2.26. The van der Waals surface area contributed by atoms with Crippen molar-refractivity contribution in [3.05, 3.63) is 102 Å². The Morgan fingerprint density at radius 1 is 1.05 bits per heavy atom. The van der Waals surface area contributed by atoms with Crippen LogP contribution in [0.15, 0.2) is 93.4 Å². The second kappa shape index (κ2) is 10.2. The van der Waals surface area contributed by atoms with Crippen LogP contribution >= 0.6 is 24.0 Å². The number of aromatic nitrogens is 1. The maximum Gasteiger partial charge on any atom is 0.229 e. The van der Waals surface area contributed by atoms with Gasteiger partial charge in [-0.1, -0.05) is 35.5 Å². The molecule has 2 atom stereocenters. The molecule has 0 spiro atoms. The van der Waals surface area contributed by atoms with Crippen molar-refractivity contribution < 1.29 is 12.8 Å². The SMILES string of the molecule is Cc1ccc(Sc2ccc([C@@H]3[C@H](c4ccccn4)NC(=S)N3c3ccc(NS(C)(=O)=O)c(C)c3)o2)cc1. The van der Waals surface area contributed by atoms with E-state index in [2.05, 4.69) is 46.2 Å². The maximum absolute atomic E-state index is 11.8. The highest BCUT2D eigenvalue weighted by Gasteiger charge is 2.42. The molecule has 1 aliphatic heterocycles. The molecule has 4 aromatic rings. The van der Waals surface area contributed by atoms with Gasteiger partial charge < -0.3 is 14.6 Å². The summed E-state index contributed by atoms with van der Waals surface area (Å²) >= 11 is 7.35. The lowest BCUT2D eigenvalue weighted by molar-refractivity contribution is 0.383. The second-order valence-electron chi connectivity index (χ2n) is 8.94. The number of nitrogens with zero attached hydrogens (tertiary/aromatic N) is 2. The zero-order chi connectivity index (χ0) is 26.2. The maximum atomic E-state index is 11.8. The fourth-order valence-electron chi connectivity index (χ4n) is 4.30. The molecule has 7 nitrogen and oxygen atoms in total. The molecule has 0 radical (unpaired) electrons. The van der Waals surface area contributed by atoms with Gasteiger partial charge in [0, 0.05) is 16.8 Å². The van der Waals surface area contributed by atoms with Crippen LogP contribution in [0, 0.1) is 13.8 Å². The first-order valence-electron chi connectivity index (χ1n) is 11.6. The van der Waals surface area contributed by atoms with Gasteiger partial charge in [-0.2, -0.15) is 0 Å². The van der Waals surface area contributed by atoms with Crippen LogP contribution in [0.5, 0.6) is 0 Å². The normalized spacial score (nSPS) is 17.6. The van der Waals surface area contributed by atoms with E-state index in [1.54, 1.807) is 24.0 Å². The average molecular weight is 551 g/mol. The molecule has 1 saturated heterocycles. The van der Waals surface area contributed by atoms with Gasteiger partial charge in [-0.15, -0.1) is 0 Å². The molecule has 1 fully saturated rings. The van der Waals surface area contributed by atoms with Gasteiger partial charge in [0.2, 0.25) is 10.0 Å². The predicted molar refractivity (Wildman–Crippen MR) is 152 cm³/mol. The van der Waals surface area contributed by atoms with Gasteiger partial charge >= 0.3 is 0 Å². The van der Waals surface area contributed by atoms with Crippen molar-refractivity contribution in [3.63, 3.8) is 0 Å². The lowest BCUT2D eigenvalue weighted by Crippen LogP contribution is -2.29. The largest absolute Gasteiger partial charge is 0.452 e. The molecule has 1 aliphatic rings. The molecule has 0 aliphatic carbocycles. The van der Waals surface area contributed by atoms with E-state index >= 15 is 0 Å². The molecule has 37 heavy (non-hydrogen) atoms. The molecule has 0 unspecified atom stereocenters. The quantitative estimate of drug-likeness (QED) is 0.271. The van der Waals surface area contributed by atoms with Crippen molar-refractivity contribution in [2.45, 2.75) is 35.9 Å². The van der Waals surface area contributed by atoms with Gasteiger partial charge in [0.15, 0.2) is 10.2 Å². The Bertz CT molecular complexity index is 1540. The van der Waals surface area contributed by atoms with Crippen LogP contribution < -0.4 is 14.9 Å². The predicted octanol–water partition coefficient (Wildman–Crippen LogP) is 5.99. The van der Waals surface area contributed by atoms with Crippen LogP contribution in [0.1, 0.15) is 34.7 Å². The number of anilines is 2. The van der Waals surface area contributed by atoms with E-state index in [1.807, 2.05) is 54.3 Å². The zero-order valence-electron chi connectivity index (χ0n) is 20.5. The van der Waals surface area contributed by atoms with E-state index in [0.717, 1.165) is 38.9 Å². The summed E-state index contributed by atoms with van der Waals surface area (Å²) < 4.78 is 32.5. The summed E-state index contributed by atoms with van der Waals surface area (Å²) in [5, 5.41) is 4.73. The van der Waals surface area contributed by atoms with Crippen LogP contribution in [0.4, 0.5) is 11.4 Å². The Labute approximate surface area is 226 Å². The van der Waals surface area contributed by atoms with Gasteiger partial charge in [-0.3, -0.25) is 9.71 Å². The van der Waals surface area contributed by atoms with E-state index in [1.165, 1.54) is 5.56 Å². The fourth-order valence-corrected chi connectivity index (χ4v) is 6.06. The van der Waals surface area contributed by atoms with Gasteiger partial charge in [0.05, 0.1) is 23.7 Å². The van der Waals surface area contributed by atoms with Crippen molar-refractivity contribution in [2.75, 3.05) is 15.9 Å². The summed E-state index contributed by atoms with van der Waals surface area (Å²) in [4.78, 5) is 7.68. The highest BCUT2D eigenvalue weighted by molar-refractivity contribution is 7.99. The highest BCUT2D eigenvalue weighted by Crippen LogP contribution is 2.44. The van der Waals surface area contributed by atoms with Crippen molar-refractivity contribution in [3.8, 4) is 0 Å². The number of sulfonamides is 1. The fraction of sp³-hybridized carbons (Fsp3) is 0.185. The number of benzene rings is 2. The minimum atomic E-state index is -3.39. The Kier molecular flexibility index (Phi) is 6.98. The van der Waals surface area contributed by atoms with Crippen LogP contribution in [-0.4, -0.2) is 24.8 Å². The summed E-state index contributed by atoms with van der Waals surface area (Å²) in [7, 11) is -3.39. The molecule has 10 heteroatoms. The monoisotopic (exact) mass is 550 g/mol. The van der Waals surface area contributed by atoms with E-state index in [4.69, 9.17) is 16.6 Å². The summed E-state index contributed by atoms with van der Waals surface area (Å²) in [6.45, 7) is 3.92. The number of aryl methyl sites for hydroxylation is 2. The van der Waals surface area contributed by atoms with Gasteiger partial charge in [-0.25, -0.2) is 8.42 Å². The molecule has 3 heterocycles. The highest BCUT2D eigenvalue weighted by atomic mass is 32.2. The first-order valence-corrected chi connectivity index (χ1v) is 14.7. The molecule has 5 rings (SSSR count). The van der Waals surface area contributed by atoms with Gasteiger partial charge in [0.1, 0.15) is 11.8 Å². The second-order valence-corrected chi connectivity index (χ2v) is 12.2. The van der Waals surface area contributed by atoms with Crippen molar-refractivity contribution in [2.24, 2.45) is 0 Å². The Morgan fingerprint density at radius 3 is 2.51 bits per heavy atom. The Morgan fingerprint density at radius 2 is 1.84 bits per heavy atom. The zero-order valence-corrected chi connectivity index (χ0v) is 23.0. The van der Waals surface area contributed by atoms with Crippen LogP contribution in [-0.2, 0) is 10.0 Å². The van der Waals surface area contributed by atoms with Crippen LogP contribution in [0.3, 0.4) is 0 Å². The van der Waals surface area contributed by atoms with Crippen LogP contribution in [0.25, 0.3) is 0 Å². The molecule has 2 N–H and O–H groups in total. The third kappa shape index (κ3) is 5.66. The molecule has 0 amide bonds. The summed E-state index contributed by atoms with van der Waals surface area (Å²) in [5.41, 5.74) is 4.17. The Balaban J connectivity index is 1.52. The number of hydrogen-bond donors (Lipinski definition) is 2. The van der Waals surface area contributed by atoms with Crippen molar-refractivity contribution >= 4 is 50.5 Å². The third-order valence-electron chi connectivity index (χ3n) is 6.01. The van der Waals surface area contributed by atoms with E-state index < -0.39 is 10.0 Å². The molecule has 2 aromatic heterocycles. The third-order valence-corrected chi connectivity index (χ3v) is 7.85. The summed E-state index contributed by atoms with van der Waals surface area (Å²) in [6, 6.07) is 23.0. The number of thiocarbonyl (C=S) groups is 1. The van der Waals surface area contributed by atoms with Crippen molar-refractivity contribution in [1.82, 2.24) is 10.3 Å². The van der Waals surface area contributed by atoms with E-state index in [0.29, 0.717) is 10.8 Å². The molecule has 190 valence electrons. The van der Waals surface area contributed by atoms with Crippen LogP contribution in [0.2, 0.25) is 0 Å². The van der Waals surface area contributed by atoms with Gasteiger partial charge in [0.25, 0.3) is 0 Å². The molecular weight excluding hydrogens is 525 g/mol. The topological polar surface area (TPSA) is 87.5 Å². The van der Waals surface area contributed by atoms with E-state index in [-0.39, 0.29) is 12.1 Å². The Hall–Kier alpha value is -3.34. The molecule has 0 saturated carbocycles. The number of rotatable bonds is 7. The lowest BCUT2D eigenvalue weighted by atomic mass is 10.0. The standard InChI is InChI=1S/C27H26N4O3S3/c1-17-7-10-20(11-8-17)36-24-14-13-23(34-24)26-25(22-6-4-5-15-28-22)29-27(35)31(26)19-9-12-21(18(2)16-19)30-37(3,32)33/h4-16,25-26,30H,1-3H3,(H,29,35)/t25-,26+/m0/s1. The van der Waals surface area contributed by atoms with Gasteiger partial charge in [-0.05, 0) is 86.2 Å².